The van der Waals surface area contributed by atoms with Crippen LogP contribution in [-0.4, -0.2) is 43.7 Å². The van der Waals surface area contributed by atoms with Gasteiger partial charge in [0.15, 0.2) is 5.78 Å². The Morgan fingerprint density at radius 1 is 1.30 bits per heavy atom. The van der Waals surface area contributed by atoms with Crippen LogP contribution in [0.4, 0.5) is 18.2 Å². The van der Waals surface area contributed by atoms with Gasteiger partial charge in [-0.3, -0.25) is 9.59 Å². The van der Waals surface area contributed by atoms with Crippen molar-refractivity contribution in [3.05, 3.63) is 16.0 Å². The van der Waals surface area contributed by atoms with E-state index in [4.69, 9.17) is 9.47 Å². The van der Waals surface area contributed by atoms with Crippen molar-refractivity contribution in [3.63, 3.8) is 0 Å². The summed E-state index contributed by atoms with van der Waals surface area (Å²) in [4.78, 5) is 37.8. The Bertz CT molecular complexity index is 846. The van der Waals surface area contributed by atoms with Crippen LogP contribution in [-0.2, 0) is 20.7 Å². The molecule has 1 amide bonds. The first kappa shape index (κ1) is 22.7. The second-order valence-corrected chi connectivity index (χ2v) is 8.90. The molecule has 10 heteroatoms. The third-order valence-corrected chi connectivity index (χ3v) is 6.48. The van der Waals surface area contributed by atoms with E-state index in [1.807, 2.05) is 0 Å². The highest BCUT2D eigenvalue weighted by Crippen LogP contribution is 2.50. The van der Waals surface area contributed by atoms with Crippen LogP contribution < -0.4 is 5.32 Å². The first-order chi connectivity index (χ1) is 14.1. The summed E-state index contributed by atoms with van der Waals surface area (Å²) in [6, 6.07) is 0. The second-order valence-electron chi connectivity index (χ2n) is 7.88. The fourth-order valence-electron chi connectivity index (χ4n) is 3.90. The molecular weight excluding hydrogens is 423 g/mol. The zero-order valence-corrected chi connectivity index (χ0v) is 17.6. The summed E-state index contributed by atoms with van der Waals surface area (Å²) >= 11 is 0.981. The Labute approximate surface area is 176 Å². The highest BCUT2D eigenvalue weighted by molar-refractivity contribution is 7.19. The molecule has 2 aliphatic rings. The van der Waals surface area contributed by atoms with E-state index in [-0.39, 0.29) is 36.0 Å². The molecule has 0 saturated heterocycles. The van der Waals surface area contributed by atoms with Crippen molar-refractivity contribution in [2.75, 3.05) is 25.1 Å². The summed E-state index contributed by atoms with van der Waals surface area (Å²) < 4.78 is 47.8. The van der Waals surface area contributed by atoms with Crippen LogP contribution in [0.25, 0.3) is 0 Å². The lowest BCUT2D eigenvalue weighted by molar-refractivity contribution is -0.179. The summed E-state index contributed by atoms with van der Waals surface area (Å²) in [5.74, 6) is -1.05. The van der Waals surface area contributed by atoms with E-state index >= 15 is 0 Å². The molecule has 0 spiro atoms. The second kappa shape index (κ2) is 8.66. The van der Waals surface area contributed by atoms with E-state index in [2.05, 4.69) is 5.32 Å². The first-order valence-electron chi connectivity index (χ1n) is 9.86. The topological polar surface area (TPSA) is 81.7 Å². The minimum absolute atomic E-state index is 0.133. The average molecular weight is 447 g/mol. The SMILES string of the molecule is CCOC(=O)c1c(NC(C)=O)sc2c1CCC(COCC(F)(F)F)(CC1CC1)C2=O. The number of anilines is 1. The number of hydrogen-bond acceptors (Lipinski definition) is 6. The molecule has 1 unspecified atom stereocenters. The summed E-state index contributed by atoms with van der Waals surface area (Å²) in [6.07, 6.45) is -1.51. The molecule has 166 valence electrons. The highest BCUT2D eigenvalue weighted by atomic mass is 32.1. The van der Waals surface area contributed by atoms with Crippen molar-refractivity contribution in [1.29, 1.82) is 0 Å². The van der Waals surface area contributed by atoms with Crippen LogP contribution in [0.3, 0.4) is 0 Å². The Kier molecular flexibility index (Phi) is 6.57. The van der Waals surface area contributed by atoms with Gasteiger partial charge in [-0.05, 0) is 37.7 Å². The molecule has 6 nitrogen and oxygen atoms in total. The zero-order chi connectivity index (χ0) is 22.1. The van der Waals surface area contributed by atoms with Crippen molar-refractivity contribution >= 4 is 34.0 Å². The number of ketones is 1. The maximum atomic E-state index is 13.5. The van der Waals surface area contributed by atoms with E-state index in [1.165, 1.54) is 6.92 Å². The van der Waals surface area contributed by atoms with Gasteiger partial charge >= 0.3 is 12.1 Å². The van der Waals surface area contributed by atoms with Crippen molar-refractivity contribution < 1.29 is 37.0 Å². The number of carbonyl (C=O) groups excluding carboxylic acids is 3. The van der Waals surface area contributed by atoms with Gasteiger partial charge in [0.1, 0.15) is 11.6 Å². The van der Waals surface area contributed by atoms with E-state index in [9.17, 15) is 27.6 Å². The van der Waals surface area contributed by atoms with E-state index < -0.39 is 30.1 Å². The maximum absolute atomic E-state index is 13.5. The Morgan fingerprint density at radius 2 is 2.00 bits per heavy atom. The van der Waals surface area contributed by atoms with Gasteiger partial charge in [0.25, 0.3) is 0 Å². The van der Waals surface area contributed by atoms with E-state index in [1.54, 1.807) is 6.92 Å². The lowest BCUT2D eigenvalue weighted by atomic mass is 9.70. The van der Waals surface area contributed by atoms with E-state index in [0.717, 1.165) is 24.2 Å². The van der Waals surface area contributed by atoms with Crippen LogP contribution in [0.15, 0.2) is 0 Å². The number of halogens is 3. The Hall–Kier alpha value is -1.94. The number of esters is 1. The number of alkyl halides is 3. The lowest BCUT2D eigenvalue weighted by Gasteiger charge is -2.35. The van der Waals surface area contributed by atoms with Crippen LogP contribution in [0, 0.1) is 11.3 Å². The number of hydrogen-bond donors (Lipinski definition) is 1. The number of amides is 1. The predicted octanol–water partition coefficient (Wildman–Crippen LogP) is 4.38. The number of rotatable bonds is 8. The van der Waals surface area contributed by atoms with Gasteiger partial charge in [0, 0.05) is 6.92 Å². The lowest BCUT2D eigenvalue weighted by Crippen LogP contribution is -2.41. The van der Waals surface area contributed by atoms with Crippen molar-refractivity contribution in [2.45, 2.75) is 52.1 Å². The van der Waals surface area contributed by atoms with Crippen LogP contribution in [0.2, 0.25) is 0 Å². The van der Waals surface area contributed by atoms with Gasteiger partial charge in [-0.25, -0.2) is 4.79 Å². The number of nitrogens with one attached hydrogen (secondary N) is 1. The molecule has 2 aliphatic carbocycles. The zero-order valence-electron chi connectivity index (χ0n) is 16.8. The van der Waals surface area contributed by atoms with Crippen molar-refractivity contribution in [1.82, 2.24) is 0 Å². The fourth-order valence-corrected chi connectivity index (χ4v) is 5.24. The van der Waals surface area contributed by atoms with Gasteiger partial charge in [-0.2, -0.15) is 13.2 Å². The van der Waals surface area contributed by atoms with Crippen LogP contribution in [0.1, 0.15) is 65.1 Å². The van der Waals surface area contributed by atoms with E-state index in [0.29, 0.717) is 29.2 Å². The van der Waals surface area contributed by atoms with Gasteiger partial charge in [0.2, 0.25) is 5.91 Å². The van der Waals surface area contributed by atoms with Gasteiger partial charge in [0.05, 0.1) is 29.1 Å². The molecule has 1 N–H and O–H groups in total. The molecule has 1 heterocycles. The molecule has 0 bridgehead atoms. The summed E-state index contributed by atoms with van der Waals surface area (Å²) in [7, 11) is 0. The van der Waals surface area contributed by atoms with Crippen LogP contribution >= 0.6 is 11.3 Å². The maximum Gasteiger partial charge on any atom is 0.411 e. The number of ether oxygens (including phenoxy) is 2. The molecule has 1 fully saturated rings. The highest BCUT2D eigenvalue weighted by Gasteiger charge is 2.49. The Morgan fingerprint density at radius 3 is 2.57 bits per heavy atom. The fraction of sp³-hybridized carbons (Fsp3) is 0.650. The molecule has 1 aromatic rings. The Balaban J connectivity index is 1.94. The molecule has 1 saturated carbocycles. The molecule has 30 heavy (non-hydrogen) atoms. The molecule has 1 atom stereocenters. The molecular formula is C20H24F3NO5S. The summed E-state index contributed by atoms with van der Waals surface area (Å²) in [5, 5.41) is 2.81. The minimum atomic E-state index is -4.47. The van der Waals surface area contributed by atoms with Gasteiger partial charge in [-0.1, -0.05) is 12.8 Å². The number of carbonyl (C=O) groups is 3. The predicted molar refractivity (Wildman–Crippen MR) is 104 cm³/mol. The number of Topliss-reactive ketones (excluding diaryl/α,β-unsaturated/α-hetero) is 1. The molecule has 0 aromatic carbocycles. The standard InChI is InChI=1S/C20H24F3NO5S/c1-3-29-18(27)14-13-6-7-19(8-12-4-5-12,9-28-10-20(21,22)23)16(26)15(13)30-17(14)24-11(2)25/h12H,3-10H2,1-2H3,(H,24,25). The number of fused-ring (bicyclic) bond motifs is 1. The molecule has 0 radical (unpaired) electrons. The average Bonchev–Trinajstić information content (AvgIpc) is 3.36. The summed E-state index contributed by atoms with van der Waals surface area (Å²) in [6.45, 7) is 1.35. The third kappa shape index (κ3) is 5.03. The van der Waals surface area contributed by atoms with Crippen molar-refractivity contribution in [2.24, 2.45) is 11.3 Å². The molecule has 1 aromatic heterocycles. The summed E-state index contributed by atoms with van der Waals surface area (Å²) in [5.41, 5.74) is -0.393. The van der Waals surface area contributed by atoms with Gasteiger partial charge < -0.3 is 14.8 Å². The molecule has 0 aliphatic heterocycles. The van der Waals surface area contributed by atoms with Crippen molar-refractivity contribution in [3.8, 4) is 0 Å². The third-order valence-electron chi connectivity index (χ3n) is 5.34. The normalized spacial score (nSPS) is 21.3. The minimum Gasteiger partial charge on any atom is -0.462 e. The monoisotopic (exact) mass is 447 g/mol. The largest absolute Gasteiger partial charge is 0.462 e. The first-order valence-corrected chi connectivity index (χ1v) is 10.7. The molecule has 3 rings (SSSR count). The number of thiophene rings is 1. The van der Waals surface area contributed by atoms with Gasteiger partial charge in [-0.15, -0.1) is 11.3 Å². The smallest absolute Gasteiger partial charge is 0.411 e. The quantitative estimate of drug-likeness (QED) is 0.598. The van der Waals surface area contributed by atoms with Crippen LogP contribution in [0.5, 0.6) is 0 Å².